The SMILES string of the molecule is CC(C)c1cc(-c2ccccc2)cc(C(C)C)c1-c1cc(Oc2ccc3c4ccccc4n(-c4cc(C(C)(C)C)ccn4)c3c2)cc(N2CN(c3c(-c4cc(C(C)(C)C)cc(C(C)(C)C)c4)cc(C(C)(C)C)cc3-c3c(F)c(F)c(F)c(F)c3F)c3ccccc32)c1. The van der Waals surface area contributed by atoms with Crippen molar-refractivity contribution in [2.75, 3.05) is 16.5 Å². The van der Waals surface area contributed by atoms with Gasteiger partial charge in [-0.05, 0) is 161 Å². The average molecular weight is 1230 g/mol. The summed E-state index contributed by atoms with van der Waals surface area (Å²) in [6.07, 6.45) is 1.87. The minimum atomic E-state index is -2.22. The van der Waals surface area contributed by atoms with Gasteiger partial charge in [0.05, 0.1) is 33.7 Å². The molecule has 10 heteroatoms. The maximum atomic E-state index is 17.1. The van der Waals surface area contributed by atoms with Gasteiger partial charge in [-0.15, -0.1) is 0 Å². The van der Waals surface area contributed by atoms with E-state index in [0.29, 0.717) is 28.3 Å². The van der Waals surface area contributed by atoms with Crippen LogP contribution in [-0.4, -0.2) is 16.2 Å². The number of rotatable bonds is 11. The number of fused-ring (bicyclic) bond motifs is 4. The van der Waals surface area contributed by atoms with Gasteiger partial charge >= 0.3 is 0 Å². The fourth-order valence-corrected chi connectivity index (χ4v) is 13.0. The van der Waals surface area contributed by atoms with Gasteiger partial charge < -0.3 is 14.5 Å². The Morgan fingerprint density at radius 3 is 1.53 bits per heavy atom. The molecular weight excluding hydrogens is 1150 g/mol. The van der Waals surface area contributed by atoms with Crippen LogP contribution in [0.15, 0.2) is 176 Å². The van der Waals surface area contributed by atoms with Crippen LogP contribution in [0.5, 0.6) is 11.5 Å². The molecule has 11 aromatic rings. The summed E-state index contributed by atoms with van der Waals surface area (Å²) in [5.74, 6) is -7.98. The summed E-state index contributed by atoms with van der Waals surface area (Å²) < 4.78 is 90.9. The van der Waals surface area contributed by atoms with E-state index in [1.165, 1.54) is 0 Å². The van der Waals surface area contributed by atoms with Gasteiger partial charge in [0.1, 0.15) is 24.0 Å². The van der Waals surface area contributed by atoms with Crippen LogP contribution in [0.2, 0.25) is 0 Å². The molecule has 3 heterocycles. The molecule has 0 fully saturated rings. The summed E-state index contributed by atoms with van der Waals surface area (Å²) >= 11 is 0. The molecule has 1 aliphatic heterocycles. The molecule has 0 atom stereocenters. The Morgan fingerprint density at radius 1 is 0.402 bits per heavy atom. The Labute approximate surface area is 539 Å². The van der Waals surface area contributed by atoms with Crippen LogP contribution in [0.1, 0.15) is 156 Å². The molecule has 92 heavy (non-hydrogen) atoms. The average Bonchev–Trinajstić information content (AvgIpc) is 1.07. The molecule has 5 nitrogen and oxygen atoms in total. The summed E-state index contributed by atoms with van der Waals surface area (Å²) in [6.45, 7) is 34.3. The third-order valence-corrected chi connectivity index (χ3v) is 18.2. The topological polar surface area (TPSA) is 33.5 Å². The summed E-state index contributed by atoms with van der Waals surface area (Å²) in [5, 5.41) is 2.12. The quantitative estimate of drug-likeness (QED) is 0.0734. The second-order valence-corrected chi connectivity index (χ2v) is 29.6. The second-order valence-electron chi connectivity index (χ2n) is 29.6. The zero-order chi connectivity index (χ0) is 65.8. The normalized spacial score (nSPS) is 13.2. The van der Waals surface area contributed by atoms with E-state index >= 15 is 22.0 Å². The Kier molecular flexibility index (Phi) is 16.0. The summed E-state index contributed by atoms with van der Waals surface area (Å²) in [6, 6.07) is 58.0. The molecule has 0 saturated heterocycles. The summed E-state index contributed by atoms with van der Waals surface area (Å²) in [5.41, 5.74) is 13.4. The third-order valence-electron chi connectivity index (χ3n) is 18.2. The van der Waals surface area contributed by atoms with Crippen LogP contribution in [0.3, 0.4) is 0 Å². The highest BCUT2D eigenvalue weighted by molar-refractivity contribution is 6.09. The Balaban J connectivity index is 1.12. The van der Waals surface area contributed by atoms with Crippen molar-refractivity contribution < 1.29 is 26.7 Å². The van der Waals surface area contributed by atoms with Crippen molar-refractivity contribution in [1.29, 1.82) is 0 Å². The number of anilines is 4. The number of halogens is 5. The van der Waals surface area contributed by atoms with Crippen LogP contribution < -0.4 is 14.5 Å². The lowest BCUT2D eigenvalue weighted by Gasteiger charge is -2.32. The Bertz CT molecular complexity index is 4610. The number of ether oxygens (including phenoxy) is 1. The smallest absolute Gasteiger partial charge is 0.200 e. The lowest BCUT2D eigenvalue weighted by molar-refractivity contribution is 0.381. The van der Waals surface area contributed by atoms with Crippen LogP contribution in [-0.2, 0) is 21.7 Å². The van der Waals surface area contributed by atoms with Gasteiger partial charge in [-0.1, -0.05) is 202 Å². The highest BCUT2D eigenvalue weighted by Gasteiger charge is 2.37. The molecule has 9 aromatic carbocycles. The lowest BCUT2D eigenvalue weighted by atomic mass is 9.77. The molecule has 0 bridgehead atoms. The molecule has 2 aromatic heterocycles. The van der Waals surface area contributed by atoms with Gasteiger partial charge in [0, 0.05) is 45.9 Å². The van der Waals surface area contributed by atoms with Crippen molar-refractivity contribution in [3.63, 3.8) is 0 Å². The standard InChI is InChI=1S/C82H81F5N4O/c1-47(2)62-38-50(49-24-18-17-19-25-49)39-63(48(3)4)71(62)52-36-57(44-59(37-52)92-58-30-31-61-60-26-20-21-27-66(60)91(69(61)45-58)70-43-53(32-33-88-70)79(5,6)7)89-46-90(68-29-23-22-28-67(68)89)78-64(51-34-54(80(8,9)10)40-55(35-51)81(11,12)13)41-56(82(14,15)16)42-65(78)72-73(83)75(85)77(87)76(86)74(72)84/h17-45,47-48H,46H2,1-16H3. The first-order chi connectivity index (χ1) is 43.4. The second kappa shape index (κ2) is 23.3. The molecule has 0 unspecified atom stereocenters. The van der Waals surface area contributed by atoms with Gasteiger partial charge in [0.25, 0.3) is 0 Å². The monoisotopic (exact) mass is 1230 g/mol. The number of pyridine rings is 1. The number of aromatic nitrogens is 2. The molecule has 0 radical (unpaired) electrons. The van der Waals surface area contributed by atoms with E-state index in [1.54, 1.807) is 6.07 Å². The zero-order valence-electron chi connectivity index (χ0n) is 55.7. The van der Waals surface area contributed by atoms with Crippen LogP contribution in [0.4, 0.5) is 44.7 Å². The predicted molar refractivity (Wildman–Crippen MR) is 372 cm³/mol. The van der Waals surface area contributed by atoms with E-state index < -0.39 is 40.1 Å². The van der Waals surface area contributed by atoms with Crippen molar-refractivity contribution in [3.05, 3.63) is 239 Å². The fraction of sp³-hybridized carbons (Fsp3) is 0.280. The maximum Gasteiger partial charge on any atom is 0.200 e. The molecule has 0 aliphatic carbocycles. The van der Waals surface area contributed by atoms with Crippen LogP contribution in [0.25, 0.3) is 72.1 Å². The molecule has 0 amide bonds. The minimum absolute atomic E-state index is 0.0469. The van der Waals surface area contributed by atoms with Gasteiger partial charge in [-0.2, -0.15) is 0 Å². The molecule has 12 rings (SSSR count). The lowest BCUT2D eigenvalue weighted by Crippen LogP contribution is -2.26. The van der Waals surface area contributed by atoms with E-state index in [2.05, 4.69) is 209 Å². The summed E-state index contributed by atoms with van der Waals surface area (Å²) in [7, 11) is 0. The van der Waals surface area contributed by atoms with Gasteiger partial charge in [0.15, 0.2) is 23.3 Å². The zero-order valence-corrected chi connectivity index (χ0v) is 55.7. The maximum absolute atomic E-state index is 17.1. The third kappa shape index (κ3) is 11.5. The van der Waals surface area contributed by atoms with E-state index in [-0.39, 0.29) is 46.0 Å². The fourth-order valence-electron chi connectivity index (χ4n) is 13.0. The van der Waals surface area contributed by atoms with Crippen molar-refractivity contribution in [3.8, 4) is 61.8 Å². The van der Waals surface area contributed by atoms with E-state index in [9.17, 15) is 0 Å². The molecule has 0 spiro atoms. The van der Waals surface area contributed by atoms with E-state index in [0.717, 1.165) is 94.6 Å². The molecule has 1 aliphatic rings. The number of nitrogens with zero attached hydrogens (tertiary/aromatic N) is 4. The summed E-state index contributed by atoms with van der Waals surface area (Å²) in [4.78, 5) is 9.09. The molecule has 470 valence electrons. The highest BCUT2D eigenvalue weighted by atomic mass is 19.2. The van der Waals surface area contributed by atoms with E-state index in [1.807, 2.05) is 86.5 Å². The minimum Gasteiger partial charge on any atom is -0.457 e. The first-order valence-corrected chi connectivity index (χ1v) is 31.9. The van der Waals surface area contributed by atoms with Crippen molar-refractivity contribution in [2.45, 2.75) is 144 Å². The van der Waals surface area contributed by atoms with Gasteiger partial charge in [-0.3, -0.25) is 4.57 Å². The largest absolute Gasteiger partial charge is 0.457 e. The van der Waals surface area contributed by atoms with Crippen molar-refractivity contribution in [1.82, 2.24) is 9.55 Å². The first-order valence-electron chi connectivity index (χ1n) is 31.9. The number of benzene rings is 9. The molecule has 0 N–H and O–H groups in total. The van der Waals surface area contributed by atoms with Crippen molar-refractivity contribution >= 4 is 44.6 Å². The Morgan fingerprint density at radius 2 is 0.935 bits per heavy atom. The van der Waals surface area contributed by atoms with Crippen molar-refractivity contribution in [2.24, 2.45) is 0 Å². The molecule has 0 saturated carbocycles. The number of hydrogen-bond acceptors (Lipinski definition) is 4. The number of hydrogen-bond donors (Lipinski definition) is 0. The van der Waals surface area contributed by atoms with Gasteiger partial charge in [-0.25, -0.2) is 26.9 Å². The highest BCUT2D eigenvalue weighted by Crippen LogP contribution is 2.55. The number of para-hydroxylation sites is 3. The first kappa shape index (κ1) is 63.1. The van der Waals surface area contributed by atoms with Gasteiger partial charge in [0.2, 0.25) is 5.82 Å². The van der Waals surface area contributed by atoms with Crippen LogP contribution in [0, 0.1) is 29.1 Å². The van der Waals surface area contributed by atoms with E-state index in [4.69, 9.17) is 9.72 Å². The predicted octanol–water partition coefficient (Wildman–Crippen LogP) is 24.0. The molecular formula is C82H81F5N4O. The van der Waals surface area contributed by atoms with Crippen LogP contribution >= 0.6 is 0 Å². The Hall–Kier alpha value is -9.02.